The van der Waals surface area contributed by atoms with Crippen molar-refractivity contribution >= 4 is 70.3 Å². The van der Waals surface area contributed by atoms with E-state index in [4.69, 9.17) is 14.6 Å². The topological polar surface area (TPSA) is 228 Å². The van der Waals surface area contributed by atoms with Gasteiger partial charge in [-0.2, -0.15) is 0 Å². The lowest BCUT2D eigenvalue weighted by Gasteiger charge is -2.22. The number of anilines is 3. The molecule has 17 heteroatoms. The van der Waals surface area contributed by atoms with E-state index in [1.54, 1.807) is 68.4 Å². The summed E-state index contributed by atoms with van der Waals surface area (Å²) >= 11 is 0. The van der Waals surface area contributed by atoms with Gasteiger partial charge in [-0.1, -0.05) is 37.3 Å². The molecule has 17 nitrogen and oxygen atoms in total. The number of para-hydroxylation sites is 1. The number of amides is 4. The summed E-state index contributed by atoms with van der Waals surface area (Å²) in [5.41, 5.74) is 3.93. The van der Waals surface area contributed by atoms with Crippen LogP contribution in [0.3, 0.4) is 0 Å². The molecule has 63 heavy (non-hydrogen) atoms. The van der Waals surface area contributed by atoms with E-state index in [-0.39, 0.29) is 79.8 Å². The van der Waals surface area contributed by atoms with Crippen LogP contribution >= 0.6 is 0 Å². The van der Waals surface area contributed by atoms with Crippen LogP contribution in [0.4, 0.5) is 22.9 Å². The SMILES string of the molecule is COc1cc2c(cc1OCCCC(=O)Nc1cn(C)c(C(=O)Nc3ccc(CC(=O)[C@H](C)NC(=O)[C@H](C)CC(=O)CCCCC(=O)O)cc3)n1)N=C[C@@H]1Cc3ccccc3N1C2=O. The fraction of sp³-hybridized carbons (Fsp3) is 0.370. The first-order valence-corrected chi connectivity index (χ1v) is 20.8. The van der Waals surface area contributed by atoms with Crippen LogP contribution in [0.5, 0.6) is 11.5 Å². The lowest BCUT2D eigenvalue weighted by Crippen LogP contribution is -2.42. The van der Waals surface area contributed by atoms with Gasteiger partial charge in [0.2, 0.25) is 17.6 Å². The van der Waals surface area contributed by atoms with Gasteiger partial charge in [-0.25, -0.2) is 4.98 Å². The first-order chi connectivity index (χ1) is 30.2. The van der Waals surface area contributed by atoms with Gasteiger partial charge in [-0.15, -0.1) is 0 Å². The number of fused-ring (bicyclic) bond motifs is 4. The number of aromatic nitrogens is 2. The highest BCUT2D eigenvalue weighted by Gasteiger charge is 2.36. The number of carbonyl (C=O) groups excluding carboxylic acids is 6. The van der Waals surface area contributed by atoms with E-state index < -0.39 is 29.7 Å². The molecule has 2 aliphatic heterocycles. The number of nitrogens with one attached hydrogen (secondary N) is 3. The van der Waals surface area contributed by atoms with Crippen molar-refractivity contribution in [3.8, 4) is 11.5 Å². The van der Waals surface area contributed by atoms with E-state index in [0.29, 0.717) is 59.7 Å². The van der Waals surface area contributed by atoms with Crippen LogP contribution in [0.1, 0.15) is 90.9 Å². The summed E-state index contributed by atoms with van der Waals surface area (Å²) in [6.45, 7) is 3.35. The van der Waals surface area contributed by atoms with Gasteiger partial charge >= 0.3 is 5.97 Å². The lowest BCUT2D eigenvalue weighted by molar-refractivity contribution is -0.137. The molecular weight excluding hydrogens is 811 g/mol. The van der Waals surface area contributed by atoms with Crippen LogP contribution in [-0.2, 0) is 43.9 Å². The highest BCUT2D eigenvalue weighted by molar-refractivity contribution is 6.14. The number of rotatable bonds is 21. The lowest BCUT2D eigenvalue weighted by atomic mass is 9.99. The number of hydrogen-bond donors (Lipinski definition) is 4. The second-order valence-corrected chi connectivity index (χ2v) is 15.7. The normalized spacial score (nSPS) is 14.6. The third kappa shape index (κ3) is 11.6. The number of hydrogen-bond acceptors (Lipinski definition) is 11. The average molecular weight is 862 g/mol. The van der Waals surface area contributed by atoms with Crippen molar-refractivity contribution in [2.45, 2.75) is 83.7 Å². The summed E-state index contributed by atoms with van der Waals surface area (Å²) in [6.07, 6.45) is 5.47. The number of Topliss-reactive ketones (excluding diaryl/α,β-unsaturated/α-hetero) is 2. The third-order valence-electron chi connectivity index (χ3n) is 10.8. The second-order valence-electron chi connectivity index (χ2n) is 15.7. The molecule has 3 atom stereocenters. The standard InChI is InChI=1S/C46H51N7O10/c1-27(20-33(54)11-6-8-14-42(57)58)44(59)48-28(2)37(55)21-29-15-17-31(18-16-29)49-45(60)43-51-40(26-52(43)3)50-41(56)13-9-19-63-39-24-35-34(23-38(39)62-4)46(61)53-32(25-47-35)22-30-10-5-7-12-36(30)53/h5,7,10,12,15-18,23-28,32H,6,8-9,11,13-14,19-22H2,1-4H3,(H,48,59)(H,49,60)(H,50,56)(H,57,58)/t27-,28+,32+/m1/s1. The maximum Gasteiger partial charge on any atom is 0.303 e. The minimum atomic E-state index is -0.917. The van der Waals surface area contributed by atoms with E-state index in [2.05, 4.69) is 25.9 Å². The zero-order chi connectivity index (χ0) is 45.2. The van der Waals surface area contributed by atoms with Gasteiger partial charge in [0.25, 0.3) is 11.8 Å². The van der Waals surface area contributed by atoms with Crippen LogP contribution in [0.2, 0.25) is 0 Å². The summed E-state index contributed by atoms with van der Waals surface area (Å²) in [5.74, 6) is -2.38. The number of imidazole rings is 1. The molecular formula is C46H51N7O10. The van der Waals surface area contributed by atoms with Gasteiger partial charge in [-0.3, -0.25) is 43.5 Å². The first kappa shape index (κ1) is 45.4. The number of carboxylic acid groups (broad SMARTS) is 1. The number of methoxy groups -OCH3 is 1. The number of ketones is 2. The van der Waals surface area contributed by atoms with Crippen LogP contribution < -0.4 is 30.3 Å². The maximum atomic E-state index is 13.7. The number of nitrogens with zero attached hydrogens (tertiary/aromatic N) is 4. The Balaban J connectivity index is 0.927. The van der Waals surface area contributed by atoms with Gasteiger partial charge < -0.3 is 35.1 Å². The molecule has 0 radical (unpaired) electrons. The summed E-state index contributed by atoms with van der Waals surface area (Å²) in [5, 5.41) is 16.9. The van der Waals surface area contributed by atoms with Crippen molar-refractivity contribution in [2.75, 3.05) is 29.3 Å². The molecule has 0 fully saturated rings. The van der Waals surface area contributed by atoms with E-state index in [0.717, 1.165) is 11.3 Å². The summed E-state index contributed by atoms with van der Waals surface area (Å²) < 4.78 is 13.0. The van der Waals surface area contributed by atoms with E-state index in [1.165, 1.54) is 17.9 Å². The minimum Gasteiger partial charge on any atom is -0.493 e. The smallest absolute Gasteiger partial charge is 0.303 e. The Bertz CT molecular complexity index is 2430. The number of unbranched alkanes of at least 4 members (excludes halogenated alkanes) is 1. The Morgan fingerprint density at radius 2 is 1.67 bits per heavy atom. The van der Waals surface area contributed by atoms with Crippen molar-refractivity contribution in [2.24, 2.45) is 18.0 Å². The monoisotopic (exact) mass is 861 g/mol. The average Bonchev–Trinajstić information content (AvgIpc) is 3.78. The summed E-state index contributed by atoms with van der Waals surface area (Å²) in [4.78, 5) is 98.7. The highest BCUT2D eigenvalue weighted by Crippen LogP contribution is 2.41. The Hall–Kier alpha value is -7.17. The molecule has 0 saturated heterocycles. The van der Waals surface area contributed by atoms with Crippen molar-refractivity contribution < 1.29 is 48.1 Å². The Morgan fingerprint density at radius 3 is 2.41 bits per heavy atom. The predicted molar refractivity (Wildman–Crippen MR) is 234 cm³/mol. The second kappa shape index (κ2) is 20.6. The van der Waals surface area contributed by atoms with Crippen molar-refractivity contribution in [1.29, 1.82) is 0 Å². The molecule has 0 saturated carbocycles. The van der Waals surface area contributed by atoms with Gasteiger partial charge in [0.05, 0.1) is 37.1 Å². The predicted octanol–water partition coefficient (Wildman–Crippen LogP) is 5.62. The molecule has 0 aliphatic carbocycles. The largest absolute Gasteiger partial charge is 0.493 e. The van der Waals surface area contributed by atoms with E-state index >= 15 is 0 Å². The Labute approximate surface area is 364 Å². The van der Waals surface area contributed by atoms with E-state index in [9.17, 15) is 33.6 Å². The van der Waals surface area contributed by atoms with Crippen molar-refractivity contribution in [1.82, 2.24) is 14.9 Å². The number of carboxylic acids is 1. The molecule has 0 bridgehead atoms. The molecule has 0 unspecified atom stereocenters. The quantitative estimate of drug-likeness (QED) is 0.0752. The highest BCUT2D eigenvalue weighted by atomic mass is 16.5. The molecule has 4 N–H and O–H groups in total. The number of benzene rings is 3. The van der Waals surface area contributed by atoms with Gasteiger partial charge in [-0.05, 0) is 61.6 Å². The number of ether oxygens (including phenoxy) is 2. The zero-order valence-corrected chi connectivity index (χ0v) is 35.6. The maximum absolute atomic E-state index is 13.7. The van der Waals surface area contributed by atoms with Gasteiger partial charge in [0.1, 0.15) is 5.78 Å². The third-order valence-corrected chi connectivity index (χ3v) is 10.8. The van der Waals surface area contributed by atoms with E-state index in [1.807, 2.05) is 24.3 Å². The van der Waals surface area contributed by atoms with Crippen molar-refractivity contribution in [3.05, 3.63) is 89.4 Å². The first-order valence-electron chi connectivity index (χ1n) is 20.8. The molecule has 1 aromatic heterocycles. The number of aliphatic carboxylic acids is 1. The fourth-order valence-electron chi connectivity index (χ4n) is 7.36. The van der Waals surface area contributed by atoms with Crippen LogP contribution in [0.25, 0.3) is 0 Å². The molecule has 4 aromatic rings. The molecule has 2 aliphatic rings. The number of aliphatic imine (C=N–C) groups is 1. The molecule has 6 rings (SSSR count). The molecule has 3 aromatic carbocycles. The zero-order valence-electron chi connectivity index (χ0n) is 35.6. The molecule has 330 valence electrons. The van der Waals surface area contributed by atoms with Gasteiger partial charge in [0.15, 0.2) is 23.1 Å². The molecule has 0 spiro atoms. The minimum absolute atomic E-state index is 0.00509. The Kier molecular flexibility index (Phi) is 14.8. The number of aryl methyl sites for hydroxylation is 1. The van der Waals surface area contributed by atoms with Gasteiger partial charge in [0, 0.05) is 81.3 Å². The molecule has 3 heterocycles. The van der Waals surface area contributed by atoms with Crippen LogP contribution in [-0.4, -0.2) is 87.8 Å². The number of carbonyl (C=O) groups is 7. The van der Waals surface area contributed by atoms with Crippen LogP contribution in [0.15, 0.2) is 71.9 Å². The summed E-state index contributed by atoms with van der Waals surface area (Å²) in [7, 11) is 3.11. The van der Waals surface area contributed by atoms with Crippen molar-refractivity contribution in [3.63, 3.8) is 0 Å². The Morgan fingerprint density at radius 1 is 0.921 bits per heavy atom. The van der Waals surface area contributed by atoms with Crippen LogP contribution in [0, 0.1) is 5.92 Å². The summed E-state index contributed by atoms with van der Waals surface area (Å²) in [6, 6.07) is 16.8. The molecule has 4 amide bonds. The fourth-order valence-corrected chi connectivity index (χ4v) is 7.36.